The lowest BCUT2D eigenvalue weighted by Crippen LogP contribution is -2.29. The molecule has 7 nitrogen and oxygen atoms in total. The molecule has 0 amide bonds. The van der Waals surface area contributed by atoms with Crippen LogP contribution in [-0.4, -0.2) is 47.4 Å². The molecule has 0 radical (unpaired) electrons. The zero-order valence-electron chi connectivity index (χ0n) is 16.7. The summed E-state index contributed by atoms with van der Waals surface area (Å²) in [7, 11) is -2.63. The molecule has 0 heterocycles. The van der Waals surface area contributed by atoms with Crippen molar-refractivity contribution in [1.29, 1.82) is 0 Å². The van der Waals surface area contributed by atoms with E-state index in [1.807, 2.05) is 12.1 Å². The van der Waals surface area contributed by atoms with Crippen molar-refractivity contribution in [3.05, 3.63) is 22.2 Å². The molecule has 9 heteroatoms. The second kappa shape index (κ2) is 13.6. The number of rotatable bonds is 15. The van der Waals surface area contributed by atoms with Crippen LogP contribution in [0.4, 0.5) is 0 Å². The fraction of sp³-hybridized carbons (Fsp3) is 0.684. The molecular weight excluding hydrogens is 449 g/mol. The van der Waals surface area contributed by atoms with Crippen LogP contribution >= 0.6 is 23.5 Å². The monoisotopic (exact) mass is 481 g/mol. The first-order chi connectivity index (χ1) is 13.3. The molecule has 4 N–H and O–H groups in total. The SMILES string of the molecule is CCCCCCCCOc1c(Br)cc(CNCC(O)CP(=O)(O)O)cc1OC. The van der Waals surface area contributed by atoms with Crippen molar-refractivity contribution >= 4 is 23.5 Å². The van der Waals surface area contributed by atoms with Gasteiger partial charge in [-0.05, 0) is 40.0 Å². The molecule has 1 aromatic carbocycles. The number of aliphatic hydroxyl groups excluding tert-OH is 1. The summed E-state index contributed by atoms with van der Waals surface area (Å²) in [4.78, 5) is 17.7. The third-order valence-electron chi connectivity index (χ3n) is 4.19. The van der Waals surface area contributed by atoms with E-state index in [4.69, 9.17) is 19.3 Å². The number of nitrogens with one attached hydrogen (secondary N) is 1. The summed E-state index contributed by atoms with van der Waals surface area (Å²) in [5, 5.41) is 12.6. The summed E-state index contributed by atoms with van der Waals surface area (Å²) in [5.74, 6) is 1.29. The summed E-state index contributed by atoms with van der Waals surface area (Å²) in [6, 6.07) is 3.76. The van der Waals surface area contributed by atoms with Gasteiger partial charge in [0.15, 0.2) is 11.5 Å². The molecule has 0 aliphatic carbocycles. The minimum Gasteiger partial charge on any atom is -0.493 e. The lowest BCUT2D eigenvalue weighted by molar-refractivity contribution is 0.185. The van der Waals surface area contributed by atoms with Gasteiger partial charge in [0.1, 0.15) is 0 Å². The van der Waals surface area contributed by atoms with E-state index >= 15 is 0 Å². The van der Waals surface area contributed by atoms with Gasteiger partial charge < -0.3 is 29.7 Å². The summed E-state index contributed by atoms with van der Waals surface area (Å²) in [6.07, 6.45) is 5.52. The summed E-state index contributed by atoms with van der Waals surface area (Å²) in [5.41, 5.74) is 0.902. The Hall–Kier alpha value is -0.630. The van der Waals surface area contributed by atoms with Crippen molar-refractivity contribution < 1.29 is 28.9 Å². The fourth-order valence-electron chi connectivity index (χ4n) is 2.79. The first-order valence-electron chi connectivity index (χ1n) is 9.69. The topological polar surface area (TPSA) is 108 Å². The van der Waals surface area contributed by atoms with Crippen LogP contribution in [0.15, 0.2) is 16.6 Å². The van der Waals surface area contributed by atoms with Crippen LogP contribution < -0.4 is 14.8 Å². The smallest absolute Gasteiger partial charge is 0.328 e. The predicted octanol–water partition coefficient (Wildman–Crippen LogP) is 3.83. The molecule has 0 fully saturated rings. The van der Waals surface area contributed by atoms with Gasteiger partial charge in [-0.25, -0.2) is 0 Å². The Morgan fingerprint density at radius 3 is 2.50 bits per heavy atom. The fourth-order valence-corrected chi connectivity index (χ4v) is 4.08. The quantitative estimate of drug-likeness (QED) is 0.222. The molecule has 1 atom stereocenters. The van der Waals surface area contributed by atoms with Crippen LogP contribution in [0, 0.1) is 0 Å². The maximum Gasteiger partial charge on any atom is 0.328 e. The standard InChI is InChI=1S/C19H33BrNO6P/c1-3-4-5-6-7-8-9-27-19-17(20)10-15(11-18(19)26-2)12-21-13-16(22)14-28(23,24)25/h10-11,16,21-22H,3-9,12-14H2,1-2H3,(H2,23,24,25). The number of methoxy groups -OCH3 is 1. The van der Waals surface area contributed by atoms with E-state index in [0.29, 0.717) is 24.7 Å². The molecule has 0 bridgehead atoms. The van der Waals surface area contributed by atoms with E-state index in [-0.39, 0.29) is 6.54 Å². The maximum absolute atomic E-state index is 10.9. The Kier molecular flexibility index (Phi) is 12.3. The van der Waals surface area contributed by atoms with Crippen LogP contribution in [0.5, 0.6) is 11.5 Å². The van der Waals surface area contributed by atoms with E-state index in [0.717, 1.165) is 22.9 Å². The lowest BCUT2D eigenvalue weighted by Gasteiger charge is -2.16. The van der Waals surface area contributed by atoms with Crippen LogP contribution in [0.3, 0.4) is 0 Å². The number of hydrogen-bond donors (Lipinski definition) is 4. The van der Waals surface area contributed by atoms with Crippen LogP contribution in [0.25, 0.3) is 0 Å². The van der Waals surface area contributed by atoms with Gasteiger partial charge in [-0.3, -0.25) is 4.57 Å². The highest BCUT2D eigenvalue weighted by Crippen LogP contribution is 2.37. The van der Waals surface area contributed by atoms with Gasteiger partial charge in [0.2, 0.25) is 0 Å². The van der Waals surface area contributed by atoms with Gasteiger partial charge in [0, 0.05) is 13.1 Å². The highest BCUT2D eigenvalue weighted by atomic mass is 79.9. The molecule has 28 heavy (non-hydrogen) atoms. The number of unbranched alkanes of at least 4 members (excludes halogenated alkanes) is 5. The summed E-state index contributed by atoms with van der Waals surface area (Å²) >= 11 is 3.52. The van der Waals surface area contributed by atoms with Crippen LogP contribution in [0.2, 0.25) is 0 Å². The highest BCUT2D eigenvalue weighted by Gasteiger charge is 2.19. The zero-order chi connectivity index (χ0) is 21.0. The number of halogens is 1. The first-order valence-corrected chi connectivity index (χ1v) is 12.3. The van der Waals surface area contributed by atoms with Crippen LogP contribution in [-0.2, 0) is 11.1 Å². The van der Waals surface area contributed by atoms with Crippen molar-refractivity contribution in [2.24, 2.45) is 0 Å². The van der Waals surface area contributed by atoms with Gasteiger partial charge in [-0.2, -0.15) is 0 Å². The van der Waals surface area contributed by atoms with E-state index in [1.54, 1.807) is 7.11 Å². The maximum atomic E-state index is 10.9. The number of aliphatic hydroxyl groups is 1. The number of ether oxygens (including phenoxy) is 2. The second-order valence-corrected chi connectivity index (χ2v) is 9.41. The van der Waals surface area contributed by atoms with Gasteiger partial charge in [-0.1, -0.05) is 39.0 Å². The minimum absolute atomic E-state index is 0.0847. The Bertz CT molecular complexity index is 625. The van der Waals surface area contributed by atoms with E-state index in [2.05, 4.69) is 28.2 Å². The van der Waals surface area contributed by atoms with Gasteiger partial charge in [0.25, 0.3) is 0 Å². The molecular formula is C19H33BrNO6P. The van der Waals surface area contributed by atoms with E-state index in [1.165, 1.54) is 25.7 Å². The Morgan fingerprint density at radius 2 is 1.86 bits per heavy atom. The van der Waals surface area contributed by atoms with Crippen LogP contribution in [0.1, 0.15) is 51.0 Å². The van der Waals surface area contributed by atoms with Crippen molar-refractivity contribution in [1.82, 2.24) is 5.32 Å². The Morgan fingerprint density at radius 1 is 1.18 bits per heavy atom. The summed E-state index contributed by atoms with van der Waals surface area (Å²) in [6.45, 7) is 3.34. The van der Waals surface area contributed by atoms with Gasteiger partial charge >= 0.3 is 7.60 Å². The molecule has 1 aromatic rings. The molecule has 0 spiro atoms. The van der Waals surface area contributed by atoms with Gasteiger partial charge in [0.05, 0.1) is 30.5 Å². The Balaban J connectivity index is 2.49. The normalized spacial score (nSPS) is 12.8. The molecule has 0 saturated heterocycles. The first kappa shape index (κ1) is 25.4. The second-order valence-electron chi connectivity index (χ2n) is 6.86. The predicted molar refractivity (Wildman–Crippen MR) is 114 cm³/mol. The molecule has 1 rings (SSSR count). The lowest BCUT2D eigenvalue weighted by atomic mass is 10.1. The molecule has 0 aliphatic heterocycles. The average Bonchev–Trinajstić information content (AvgIpc) is 2.60. The van der Waals surface area contributed by atoms with Crippen molar-refractivity contribution in [2.45, 2.75) is 58.1 Å². The number of hydrogen-bond acceptors (Lipinski definition) is 5. The van der Waals surface area contributed by atoms with E-state index in [9.17, 15) is 9.67 Å². The summed E-state index contributed by atoms with van der Waals surface area (Å²) < 4.78 is 23.0. The average molecular weight is 482 g/mol. The zero-order valence-corrected chi connectivity index (χ0v) is 19.2. The van der Waals surface area contributed by atoms with E-state index < -0.39 is 19.9 Å². The number of benzene rings is 1. The third kappa shape index (κ3) is 10.8. The highest BCUT2D eigenvalue weighted by molar-refractivity contribution is 9.10. The van der Waals surface area contributed by atoms with Crippen molar-refractivity contribution in [2.75, 3.05) is 26.4 Å². The third-order valence-corrected chi connectivity index (χ3v) is 5.68. The largest absolute Gasteiger partial charge is 0.493 e. The minimum atomic E-state index is -4.22. The molecule has 0 saturated carbocycles. The van der Waals surface area contributed by atoms with Crippen molar-refractivity contribution in [3.8, 4) is 11.5 Å². The molecule has 1 unspecified atom stereocenters. The molecule has 162 valence electrons. The molecule has 0 aromatic heterocycles. The molecule has 0 aliphatic rings. The van der Waals surface area contributed by atoms with Crippen molar-refractivity contribution in [3.63, 3.8) is 0 Å². The Labute approximate surface area is 176 Å². The van der Waals surface area contributed by atoms with Gasteiger partial charge in [-0.15, -0.1) is 0 Å².